The van der Waals surface area contributed by atoms with E-state index < -0.39 is 0 Å². The standard InChI is InChI=1S/C31H37N3O2S/c1-21(2)36-31(35)26-20-27-25(23-10-7-6-8-11-23)15-18-34(27)29(22(26)3)30(28-12-9-19-37-28)33-16-13-24(14-17-33)32(4)5/h6-12,15,18-21,24,30H,13-14,16-17H2,1-5H3. The average molecular weight is 516 g/mol. The quantitative estimate of drug-likeness (QED) is 0.258. The van der Waals surface area contributed by atoms with Crippen molar-refractivity contribution in [2.45, 2.75) is 51.8 Å². The van der Waals surface area contributed by atoms with Crippen molar-refractivity contribution in [2.75, 3.05) is 27.2 Å². The molecule has 0 N–H and O–H groups in total. The van der Waals surface area contributed by atoms with Crippen molar-refractivity contribution in [3.05, 3.63) is 87.9 Å². The van der Waals surface area contributed by atoms with E-state index >= 15 is 0 Å². The number of aromatic nitrogens is 1. The summed E-state index contributed by atoms with van der Waals surface area (Å²) >= 11 is 1.79. The van der Waals surface area contributed by atoms with Crippen LogP contribution in [0.4, 0.5) is 0 Å². The number of hydrogen-bond acceptors (Lipinski definition) is 5. The van der Waals surface area contributed by atoms with Gasteiger partial charge in [0.2, 0.25) is 0 Å². The van der Waals surface area contributed by atoms with E-state index in [1.165, 1.54) is 4.88 Å². The van der Waals surface area contributed by atoms with Crippen LogP contribution in [-0.2, 0) is 4.74 Å². The monoisotopic (exact) mass is 515 g/mol. The molecule has 194 valence electrons. The molecule has 1 aliphatic heterocycles. The number of carbonyl (C=O) groups excluding carboxylic acids is 1. The fourth-order valence-corrected chi connectivity index (χ4v) is 6.51. The molecule has 0 bridgehead atoms. The molecule has 1 fully saturated rings. The molecular formula is C31H37N3O2S. The molecule has 1 unspecified atom stereocenters. The lowest BCUT2D eigenvalue weighted by molar-refractivity contribution is 0.0376. The minimum absolute atomic E-state index is 0.0634. The van der Waals surface area contributed by atoms with Gasteiger partial charge in [0, 0.05) is 41.5 Å². The Labute approximate surface area is 224 Å². The van der Waals surface area contributed by atoms with Crippen molar-refractivity contribution in [2.24, 2.45) is 0 Å². The number of piperidine rings is 1. The second kappa shape index (κ2) is 10.8. The van der Waals surface area contributed by atoms with Gasteiger partial charge in [-0.1, -0.05) is 36.4 Å². The van der Waals surface area contributed by atoms with E-state index in [-0.39, 0.29) is 18.1 Å². The zero-order chi connectivity index (χ0) is 26.1. The Morgan fingerprint density at radius 3 is 2.41 bits per heavy atom. The van der Waals surface area contributed by atoms with Crippen LogP contribution >= 0.6 is 11.3 Å². The number of ether oxygens (including phenoxy) is 1. The molecule has 5 nitrogen and oxygen atoms in total. The average Bonchev–Trinajstić information content (AvgIpc) is 3.56. The maximum absolute atomic E-state index is 13.4. The highest BCUT2D eigenvalue weighted by atomic mass is 32.1. The molecule has 4 heterocycles. The van der Waals surface area contributed by atoms with E-state index in [0.29, 0.717) is 11.6 Å². The molecule has 1 saturated heterocycles. The Balaban J connectivity index is 1.71. The highest BCUT2D eigenvalue weighted by Gasteiger charge is 2.33. The Hall–Kier alpha value is -2.93. The van der Waals surface area contributed by atoms with Crippen LogP contribution in [0.3, 0.4) is 0 Å². The molecule has 1 atom stereocenters. The van der Waals surface area contributed by atoms with Gasteiger partial charge in [0.1, 0.15) is 0 Å². The molecule has 0 spiro atoms. The topological polar surface area (TPSA) is 37.2 Å². The third-order valence-corrected chi connectivity index (χ3v) is 8.49. The zero-order valence-corrected chi connectivity index (χ0v) is 23.3. The second-order valence-electron chi connectivity index (χ2n) is 10.5. The normalized spacial score (nSPS) is 16.1. The Kier molecular flexibility index (Phi) is 7.52. The van der Waals surface area contributed by atoms with Gasteiger partial charge in [0.15, 0.2) is 0 Å². The van der Waals surface area contributed by atoms with Crippen LogP contribution in [0.25, 0.3) is 16.6 Å². The zero-order valence-electron chi connectivity index (χ0n) is 22.5. The van der Waals surface area contributed by atoms with Crippen molar-refractivity contribution in [3.63, 3.8) is 0 Å². The van der Waals surface area contributed by atoms with E-state index in [1.807, 2.05) is 26.0 Å². The van der Waals surface area contributed by atoms with Crippen molar-refractivity contribution >= 4 is 22.8 Å². The summed E-state index contributed by atoms with van der Waals surface area (Å²) < 4.78 is 8.05. The number of benzene rings is 1. The molecule has 0 amide bonds. The van der Waals surface area contributed by atoms with Crippen molar-refractivity contribution in [3.8, 4) is 11.1 Å². The molecule has 0 saturated carbocycles. The first kappa shape index (κ1) is 25.7. The lowest BCUT2D eigenvalue weighted by Gasteiger charge is -2.40. The van der Waals surface area contributed by atoms with Gasteiger partial charge in [-0.2, -0.15) is 0 Å². The Morgan fingerprint density at radius 2 is 1.78 bits per heavy atom. The number of pyridine rings is 1. The summed E-state index contributed by atoms with van der Waals surface area (Å²) in [6, 6.07) is 19.6. The second-order valence-corrected chi connectivity index (χ2v) is 11.5. The van der Waals surface area contributed by atoms with E-state index in [2.05, 4.69) is 89.3 Å². The van der Waals surface area contributed by atoms with Gasteiger partial charge in [-0.05, 0) is 82.4 Å². The molecule has 0 radical (unpaired) electrons. The van der Waals surface area contributed by atoms with Crippen LogP contribution in [0.5, 0.6) is 0 Å². The fourth-order valence-electron chi connectivity index (χ4n) is 5.65. The summed E-state index contributed by atoms with van der Waals surface area (Å²) in [5.74, 6) is -0.257. The third kappa shape index (κ3) is 5.11. The molecule has 6 heteroatoms. The summed E-state index contributed by atoms with van der Waals surface area (Å²) in [6.07, 6.45) is 4.26. The lowest BCUT2D eigenvalue weighted by Crippen LogP contribution is -2.44. The number of carbonyl (C=O) groups is 1. The van der Waals surface area contributed by atoms with Gasteiger partial charge in [0.05, 0.1) is 23.2 Å². The first-order chi connectivity index (χ1) is 17.8. The van der Waals surface area contributed by atoms with Gasteiger partial charge >= 0.3 is 5.97 Å². The smallest absolute Gasteiger partial charge is 0.338 e. The van der Waals surface area contributed by atoms with Crippen LogP contribution in [0.2, 0.25) is 0 Å². The van der Waals surface area contributed by atoms with Crippen molar-refractivity contribution < 1.29 is 9.53 Å². The molecule has 37 heavy (non-hydrogen) atoms. The number of nitrogens with zero attached hydrogens (tertiary/aromatic N) is 3. The predicted octanol–water partition coefficient (Wildman–Crippen LogP) is 6.66. The highest BCUT2D eigenvalue weighted by Crippen LogP contribution is 2.39. The molecule has 5 rings (SSSR count). The van der Waals surface area contributed by atoms with E-state index in [0.717, 1.165) is 53.8 Å². The Bertz CT molecular complexity index is 1350. The molecule has 1 aromatic carbocycles. The molecule has 0 aliphatic carbocycles. The first-order valence-corrected chi connectivity index (χ1v) is 14.1. The van der Waals surface area contributed by atoms with Crippen LogP contribution < -0.4 is 0 Å². The molecule has 1 aliphatic rings. The van der Waals surface area contributed by atoms with Crippen molar-refractivity contribution in [1.29, 1.82) is 0 Å². The number of rotatable bonds is 7. The van der Waals surface area contributed by atoms with Gasteiger partial charge in [-0.3, -0.25) is 4.90 Å². The molecule has 4 aromatic rings. The number of esters is 1. The van der Waals surface area contributed by atoms with E-state index in [4.69, 9.17) is 4.74 Å². The Morgan fingerprint density at radius 1 is 1.05 bits per heavy atom. The minimum Gasteiger partial charge on any atom is -0.459 e. The number of likely N-dealkylation sites (tertiary alicyclic amines) is 1. The summed E-state index contributed by atoms with van der Waals surface area (Å²) in [5, 5.41) is 2.16. The SMILES string of the molecule is Cc1c(C(=O)OC(C)C)cc2c(-c3ccccc3)ccn2c1C(c1cccs1)N1CCC(N(C)C)CC1. The van der Waals surface area contributed by atoms with Gasteiger partial charge in [-0.25, -0.2) is 4.79 Å². The predicted molar refractivity (Wildman–Crippen MR) is 153 cm³/mol. The minimum atomic E-state index is -0.257. The van der Waals surface area contributed by atoms with Gasteiger partial charge in [-0.15, -0.1) is 11.3 Å². The summed E-state index contributed by atoms with van der Waals surface area (Å²) in [5.41, 5.74) is 6.09. The molecule has 3 aromatic heterocycles. The third-order valence-electron chi connectivity index (χ3n) is 7.57. The number of thiophene rings is 1. The van der Waals surface area contributed by atoms with E-state index in [9.17, 15) is 4.79 Å². The number of fused-ring (bicyclic) bond motifs is 1. The van der Waals surface area contributed by atoms with Crippen LogP contribution in [0.1, 0.15) is 59.2 Å². The lowest BCUT2D eigenvalue weighted by atomic mass is 9.95. The van der Waals surface area contributed by atoms with E-state index in [1.54, 1.807) is 11.3 Å². The highest BCUT2D eigenvalue weighted by molar-refractivity contribution is 7.10. The van der Waals surface area contributed by atoms with Gasteiger partial charge in [0.25, 0.3) is 0 Å². The molecular weight excluding hydrogens is 478 g/mol. The van der Waals surface area contributed by atoms with Crippen molar-refractivity contribution in [1.82, 2.24) is 14.2 Å². The fraction of sp³-hybridized carbons (Fsp3) is 0.387. The summed E-state index contributed by atoms with van der Waals surface area (Å²) in [7, 11) is 4.36. The van der Waals surface area contributed by atoms with Gasteiger partial charge < -0.3 is 14.0 Å². The van der Waals surface area contributed by atoms with Crippen LogP contribution in [0.15, 0.2) is 66.2 Å². The maximum atomic E-state index is 13.4. The summed E-state index contributed by atoms with van der Waals surface area (Å²) in [6.45, 7) is 7.92. The first-order valence-electron chi connectivity index (χ1n) is 13.2. The maximum Gasteiger partial charge on any atom is 0.338 e. The van der Waals surface area contributed by atoms with Crippen LogP contribution in [-0.4, -0.2) is 59.5 Å². The summed E-state index contributed by atoms with van der Waals surface area (Å²) in [4.78, 5) is 19.7. The van der Waals surface area contributed by atoms with Crippen LogP contribution in [0, 0.1) is 6.92 Å². The number of hydrogen-bond donors (Lipinski definition) is 0. The largest absolute Gasteiger partial charge is 0.459 e.